The van der Waals surface area contributed by atoms with Gasteiger partial charge in [-0.05, 0) is 25.1 Å². The number of anilines is 1. The Hall–Kier alpha value is -1.67. The maximum Gasteiger partial charge on any atom is 0.416 e. The van der Waals surface area contributed by atoms with Gasteiger partial charge in [0.25, 0.3) is 5.56 Å². The van der Waals surface area contributed by atoms with Crippen LogP contribution < -0.4 is 10.5 Å². The number of hydrogen-bond acceptors (Lipinski definition) is 4. The molecule has 0 saturated carbocycles. The van der Waals surface area contributed by atoms with Crippen LogP contribution in [0.5, 0.6) is 0 Å². The van der Waals surface area contributed by atoms with Crippen molar-refractivity contribution >= 4 is 29.1 Å². The molecule has 0 spiro atoms. The maximum atomic E-state index is 12.9. The second kappa shape index (κ2) is 7.15. The van der Waals surface area contributed by atoms with Crippen molar-refractivity contribution in [1.82, 2.24) is 9.78 Å². The van der Waals surface area contributed by atoms with Crippen LogP contribution in [0, 0.1) is 0 Å². The summed E-state index contributed by atoms with van der Waals surface area (Å²) in [6, 6.07) is 4.62. The number of alkyl halides is 3. The number of aromatic nitrogens is 2. The van der Waals surface area contributed by atoms with E-state index in [0.29, 0.717) is 10.9 Å². The van der Waals surface area contributed by atoms with Gasteiger partial charge >= 0.3 is 6.18 Å². The fourth-order valence-electron chi connectivity index (χ4n) is 2.90. The SMILES string of the molecule is CC1SCCN(c2cnn(-c3cccc(C(F)(F)F)c3)c(=O)c2Cl)C1C. The molecule has 0 bridgehead atoms. The molecule has 3 rings (SSSR count). The molecule has 0 amide bonds. The zero-order valence-corrected chi connectivity index (χ0v) is 15.7. The molecule has 0 radical (unpaired) electrons. The zero-order valence-electron chi connectivity index (χ0n) is 14.1. The number of benzene rings is 1. The Kier molecular flexibility index (Phi) is 5.25. The molecule has 1 saturated heterocycles. The van der Waals surface area contributed by atoms with Gasteiger partial charge in [0.05, 0.1) is 23.1 Å². The van der Waals surface area contributed by atoms with E-state index in [0.717, 1.165) is 29.1 Å². The van der Waals surface area contributed by atoms with Crippen molar-refractivity contribution < 1.29 is 13.2 Å². The van der Waals surface area contributed by atoms with E-state index in [1.165, 1.54) is 18.3 Å². The monoisotopic (exact) mass is 403 g/mol. The molecule has 2 unspecified atom stereocenters. The largest absolute Gasteiger partial charge is 0.416 e. The first-order valence-electron chi connectivity index (χ1n) is 8.04. The van der Waals surface area contributed by atoms with Gasteiger partial charge in [0.1, 0.15) is 5.02 Å². The van der Waals surface area contributed by atoms with E-state index in [-0.39, 0.29) is 16.8 Å². The Labute approximate surface area is 157 Å². The molecule has 1 aliphatic rings. The van der Waals surface area contributed by atoms with Crippen molar-refractivity contribution in [2.45, 2.75) is 31.3 Å². The molecule has 1 aliphatic heterocycles. The molecule has 2 aromatic rings. The molecule has 2 heterocycles. The number of halogens is 4. The topological polar surface area (TPSA) is 38.1 Å². The third-order valence-electron chi connectivity index (χ3n) is 4.51. The van der Waals surface area contributed by atoms with E-state index < -0.39 is 17.3 Å². The van der Waals surface area contributed by atoms with E-state index in [1.54, 1.807) is 0 Å². The average molecular weight is 404 g/mol. The summed E-state index contributed by atoms with van der Waals surface area (Å²) in [5.41, 5.74) is -0.950. The van der Waals surface area contributed by atoms with Gasteiger partial charge < -0.3 is 4.90 Å². The van der Waals surface area contributed by atoms with Crippen molar-refractivity contribution in [3.05, 3.63) is 51.4 Å². The van der Waals surface area contributed by atoms with Gasteiger partial charge in [-0.25, -0.2) is 0 Å². The standard InChI is InChI=1S/C17H17ClF3N3OS/c1-10-11(2)26-7-6-23(10)14-9-22-24(16(25)15(14)18)13-5-3-4-12(8-13)17(19,20)21/h3-5,8-11H,6-7H2,1-2H3. The second-order valence-electron chi connectivity index (χ2n) is 6.12. The smallest absolute Gasteiger partial charge is 0.364 e. The molecule has 2 atom stereocenters. The fourth-order valence-corrected chi connectivity index (χ4v) is 4.23. The Morgan fingerprint density at radius 1 is 1.31 bits per heavy atom. The van der Waals surface area contributed by atoms with Gasteiger partial charge in [0.15, 0.2) is 0 Å². The number of nitrogens with zero attached hydrogens (tertiary/aromatic N) is 3. The molecule has 1 aromatic carbocycles. The quantitative estimate of drug-likeness (QED) is 0.752. The molecular formula is C17H17ClF3N3OS. The van der Waals surface area contributed by atoms with Crippen LogP contribution in [0.1, 0.15) is 19.4 Å². The predicted molar refractivity (Wildman–Crippen MR) is 98.6 cm³/mol. The number of thioether (sulfide) groups is 1. The molecule has 0 aliphatic carbocycles. The highest BCUT2D eigenvalue weighted by Crippen LogP contribution is 2.32. The molecule has 4 nitrogen and oxygen atoms in total. The minimum absolute atomic E-state index is 0.0221. The fraction of sp³-hybridized carbons (Fsp3) is 0.412. The summed E-state index contributed by atoms with van der Waals surface area (Å²) in [5.74, 6) is 0.901. The Balaban J connectivity index is 2.02. The van der Waals surface area contributed by atoms with Crippen LogP contribution in [0.3, 0.4) is 0 Å². The van der Waals surface area contributed by atoms with Crippen LogP contribution >= 0.6 is 23.4 Å². The molecule has 26 heavy (non-hydrogen) atoms. The van der Waals surface area contributed by atoms with E-state index in [4.69, 9.17) is 11.6 Å². The number of hydrogen-bond donors (Lipinski definition) is 0. The van der Waals surface area contributed by atoms with Crippen LogP contribution in [0.4, 0.5) is 18.9 Å². The average Bonchev–Trinajstić information content (AvgIpc) is 2.59. The summed E-state index contributed by atoms with van der Waals surface area (Å²) in [4.78, 5) is 14.7. The first-order chi connectivity index (χ1) is 12.2. The molecule has 1 aromatic heterocycles. The van der Waals surface area contributed by atoms with E-state index in [1.807, 2.05) is 23.6 Å². The lowest BCUT2D eigenvalue weighted by Crippen LogP contribution is -2.45. The second-order valence-corrected chi connectivity index (χ2v) is 7.98. The maximum absolute atomic E-state index is 12.9. The molecule has 9 heteroatoms. The Morgan fingerprint density at radius 3 is 2.73 bits per heavy atom. The van der Waals surface area contributed by atoms with Gasteiger partial charge in [-0.1, -0.05) is 24.6 Å². The third-order valence-corrected chi connectivity index (χ3v) is 6.21. The minimum atomic E-state index is -4.50. The van der Waals surface area contributed by atoms with Crippen LogP contribution in [-0.2, 0) is 6.18 Å². The van der Waals surface area contributed by atoms with Crippen molar-refractivity contribution in [3.63, 3.8) is 0 Å². The summed E-state index contributed by atoms with van der Waals surface area (Å²) in [7, 11) is 0. The van der Waals surface area contributed by atoms with Crippen molar-refractivity contribution in [3.8, 4) is 5.69 Å². The minimum Gasteiger partial charge on any atom is -0.364 e. The first kappa shape index (κ1) is 19.1. The van der Waals surface area contributed by atoms with Crippen LogP contribution in [0.25, 0.3) is 5.69 Å². The van der Waals surface area contributed by atoms with Gasteiger partial charge in [0.2, 0.25) is 0 Å². The van der Waals surface area contributed by atoms with Crippen LogP contribution in [0.15, 0.2) is 35.3 Å². The molecule has 140 valence electrons. The van der Waals surface area contributed by atoms with E-state index in [9.17, 15) is 18.0 Å². The Bertz CT molecular complexity index is 871. The highest BCUT2D eigenvalue weighted by Gasteiger charge is 2.31. The molecule has 0 N–H and O–H groups in total. The third kappa shape index (κ3) is 3.57. The Morgan fingerprint density at radius 2 is 2.04 bits per heavy atom. The first-order valence-corrected chi connectivity index (χ1v) is 9.46. The lowest BCUT2D eigenvalue weighted by Gasteiger charge is -2.39. The molecule has 1 fully saturated rings. The van der Waals surface area contributed by atoms with Gasteiger partial charge in [-0.3, -0.25) is 4.79 Å². The summed E-state index contributed by atoms with van der Waals surface area (Å²) in [6.45, 7) is 4.88. The van der Waals surface area contributed by atoms with Gasteiger partial charge in [-0.15, -0.1) is 0 Å². The van der Waals surface area contributed by atoms with Crippen LogP contribution in [-0.4, -0.2) is 33.4 Å². The van der Waals surface area contributed by atoms with Crippen molar-refractivity contribution in [1.29, 1.82) is 0 Å². The van der Waals surface area contributed by atoms with Gasteiger partial charge in [0, 0.05) is 23.6 Å². The normalized spacial score (nSPS) is 21.1. The van der Waals surface area contributed by atoms with E-state index in [2.05, 4.69) is 12.0 Å². The lowest BCUT2D eigenvalue weighted by molar-refractivity contribution is -0.137. The summed E-state index contributed by atoms with van der Waals surface area (Å²) >= 11 is 8.12. The highest BCUT2D eigenvalue weighted by atomic mass is 35.5. The van der Waals surface area contributed by atoms with Crippen molar-refractivity contribution in [2.75, 3.05) is 17.2 Å². The zero-order chi connectivity index (χ0) is 19.1. The van der Waals surface area contributed by atoms with Crippen LogP contribution in [0.2, 0.25) is 5.02 Å². The predicted octanol–water partition coefficient (Wildman–Crippen LogP) is 4.23. The lowest BCUT2D eigenvalue weighted by atomic mass is 10.2. The summed E-state index contributed by atoms with van der Waals surface area (Å²) in [5, 5.41) is 4.40. The number of rotatable bonds is 2. The summed E-state index contributed by atoms with van der Waals surface area (Å²) < 4.78 is 39.6. The van der Waals surface area contributed by atoms with E-state index >= 15 is 0 Å². The summed E-state index contributed by atoms with van der Waals surface area (Å²) in [6.07, 6.45) is -3.05. The van der Waals surface area contributed by atoms with Gasteiger partial charge in [-0.2, -0.15) is 34.7 Å². The highest BCUT2D eigenvalue weighted by molar-refractivity contribution is 8.00. The molecular weight excluding hydrogens is 387 g/mol. The van der Waals surface area contributed by atoms with Crippen molar-refractivity contribution in [2.24, 2.45) is 0 Å².